The molecule has 0 saturated heterocycles. The summed E-state index contributed by atoms with van der Waals surface area (Å²) in [5, 5.41) is 7.91. The molecular formula is C13H16F2N4. The van der Waals surface area contributed by atoms with Crippen LogP contribution in [-0.4, -0.2) is 28.1 Å². The Morgan fingerprint density at radius 2 is 1.79 bits per heavy atom. The van der Waals surface area contributed by atoms with Crippen LogP contribution >= 0.6 is 0 Å². The van der Waals surface area contributed by atoms with Crippen molar-refractivity contribution in [3.63, 3.8) is 0 Å². The Kier molecular flexibility index (Phi) is 4.09. The van der Waals surface area contributed by atoms with Crippen LogP contribution in [0.4, 0.5) is 14.6 Å². The molecule has 0 N–H and O–H groups in total. The summed E-state index contributed by atoms with van der Waals surface area (Å²) in [5.41, 5.74) is -0.00139. The Labute approximate surface area is 110 Å². The van der Waals surface area contributed by atoms with Crippen LogP contribution in [-0.2, 0) is 6.54 Å². The summed E-state index contributed by atoms with van der Waals surface area (Å²) < 4.78 is 28.5. The van der Waals surface area contributed by atoms with Gasteiger partial charge in [0.2, 0.25) is 0 Å². The molecule has 0 unspecified atom stereocenters. The molecule has 1 aromatic carbocycles. The SMILES string of the molecule is CCN(CC)c1cn(Cc2c(F)cccc2F)nn1. The van der Waals surface area contributed by atoms with Gasteiger partial charge < -0.3 is 4.90 Å². The van der Waals surface area contributed by atoms with Crippen molar-refractivity contribution < 1.29 is 8.78 Å². The lowest BCUT2D eigenvalue weighted by atomic mass is 10.2. The summed E-state index contributed by atoms with van der Waals surface area (Å²) in [4.78, 5) is 2.02. The predicted molar refractivity (Wildman–Crippen MR) is 69.0 cm³/mol. The first-order chi connectivity index (χ1) is 9.15. The minimum atomic E-state index is -0.570. The minimum Gasteiger partial charge on any atom is -0.354 e. The normalized spacial score (nSPS) is 10.7. The number of hydrogen-bond acceptors (Lipinski definition) is 3. The van der Waals surface area contributed by atoms with E-state index in [9.17, 15) is 8.78 Å². The van der Waals surface area contributed by atoms with Crippen molar-refractivity contribution in [1.82, 2.24) is 15.0 Å². The average Bonchev–Trinajstić information content (AvgIpc) is 2.84. The zero-order chi connectivity index (χ0) is 13.8. The van der Waals surface area contributed by atoms with E-state index in [2.05, 4.69) is 10.3 Å². The topological polar surface area (TPSA) is 34.0 Å². The third-order valence-corrected chi connectivity index (χ3v) is 3.00. The lowest BCUT2D eigenvalue weighted by Gasteiger charge is -2.16. The molecule has 0 aliphatic rings. The lowest BCUT2D eigenvalue weighted by molar-refractivity contribution is 0.528. The minimum absolute atomic E-state index is 0.00139. The van der Waals surface area contributed by atoms with E-state index in [4.69, 9.17) is 0 Å². The standard InChI is InChI=1S/C13H16F2N4/c1-3-18(4-2)13-9-19(17-16-13)8-10-11(14)6-5-7-12(10)15/h5-7,9H,3-4,8H2,1-2H3. The third-order valence-electron chi connectivity index (χ3n) is 3.00. The molecule has 0 aliphatic carbocycles. The molecule has 2 aromatic rings. The van der Waals surface area contributed by atoms with Crippen molar-refractivity contribution in [3.8, 4) is 0 Å². The molecule has 0 spiro atoms. The second-order valence-electron chi connectivity index (χ2n) is 4.15. The van der Waals surface area contributed by atoms with Gasteiger partial charge in [0.15, 0.2) is 5.82 Å². The maximum atomic E-state index is 13.5. The molecule has 6 heteroatoms. The number of nitrogens with zero attached hydrogens (tertiary/aromatic N) is 4. The van der Waals surface area contributed by atoms with Crippen LogP contribution in [0.2, 0.25) is 0 Å². The number of hydrogen-bond donors (Lipinski definition) is 0. The fourth-order valence-corrected chi connectivity index (χ4v) is 1.90. The first kappa shape index (κ1) is 13.5. The van der Waals surface area contributed by atoms with Gasteiger partial charge in [-0.3, -0.25) is 0 Å². The van der Waals surface area contributed by atoms with Gasteiger partial charge in [0.1, 0.15) is 11.6 Å². The molecule has 1 aromatic heterocycles. The summed E-state index contributed by atoms with van der Waals surface area (Å²) in [6.07, 6.45) is 1.69. The highest BCUT2D eigenvalue weighted by Gasteiger charge is 2.12. The molecule has 102 valence electrons. The van der Waals surface area contributed by atoms with E-state index in [1.54, 1.807) is 6.20 Å². The van der Waals surface area contributed by atoms with Gasteiger partial charge in [0, 0.05) is 18.7 Å². The van der Waals surface area contributed by atoms with Gasteiger partial charge in [-0.1, -0.05) is 11.3 Å². The zero-order valence-electron chi connectivity index (χ0n) is 11.0. The van der Waals surface area contributed by atoms with Gasteiger partial charge in [0.05, 0.1) is 12.7 Å². The summed E-state index contributed by atoms with van der Waals surface area (Å²) >= 11 is 0. The van der Waals surface area contributed by atoms with E-state index in [-0.39, 0.29) is 12.1 Å². The van der Waals surface area contributed by atoms with Gasteiger partial charge in [-0.15, -0.1) is 5.10 Å². The second-order valence-corrected chi connectivity index (χ2v) is 4.15. The second kappa shape index (κ2) is 5.77. The Hall–Kier alpha value is -1.98. The predicted octanol–water partition coefficient (Wildman–Crippen LogP) is 2.45. The number of anilines is 1. The molecule has 0 saturated carbocycles. The molecule has 19 heavy (non-hydrogen) atoms. The summed E-state index contributed by atoms with van der Waals surface area (Å²) in [6, 6.07) is 3.82. The third kappa shape index (κ3) is 2.89. The van der Waals surface area contributed by atoms with Crippen LogP contribution in [0.15, 0.2) is 24.4 Å². The molecule has 0 bridgehead atoms. The molecular weight excluding hydrogens is 250 g/mol. The first-order valence-electron chi connectivity index (χ1n) is 6.23. The van der Waals surface area contributed by atoms with Gasteiger partial charge >= 0.3 is 0 Å². The van der Waals surface area contributed by atoms with Crippen molar-refractivity contribution in [1.29, 1.82) is 0 Å². The van der Waals surface area contributed by atoms with Gasteiger partial charge in [0.25, 0.3) is 0 Å². The maximum absolute atomic E-state index is 13.5. The molecule has 0 atom stereocenters. The summed E-state index contributed by atoms with van der Waals surface area (Å²) in [7, 11) is 0. The van der Waals surface area contributed by atoms with Crippen LogP contribution in [0.3, 0.4) is 0 Å². The van der Waals surface area contributed by atoms with E-state index in [0.29, 0.717) is 5.82 Å². The van der Waals surface area contributed by atoms with E-state index >= 15 is 0 Å². The number of aromatic nitrogens is 3. The summed E-state index contributed by atoms with van der Waals surface area (Å²) in [5.74, 6) is -0.429. The molecule has 0 radical (unpaired) electrons. The van der Waals surface area contributed by atoms with Crippen molar-refractivity contribution in [2.24, 2.45) is 0 Å². The van der Waals surface area contributed by atoms with Crippen LogP contribution in [0.1, 0.15) is 19.4 Å². The van der Waals surface area contributed by atoms with E-state index in [0.717, 1.165) is 13.1 Å². The fourth-order valence-electron chi connectivity index (χ4n) is 1.90. The quantitative estimate of drug-likeness (QED) is 0.833. The van der Waals surface area contributed by atoms with Crippen LogP contribution in [0, 0.1) is 11.6 Å². The van der Waals surface area contributed by atoms with Crippen molar-refractivity contribution in [3.05, 3.63) is 41.6 Å². The average molecular weight is 266 g/mol. The highest BCUT2D eigenvalue weighted by atomic mass is 19.1. The number of rotatable bonds is 5. The zero-order valence-corrected chi connectivity index (χ0v) is 11.0. The van der Waals surface area contributed by atoms with E-state index in [1.807, 2.05) is 18.7 Å². The smallest absolute Gasteiger partial charge is 0.171 e. The van der Waals surface area contributed by atoms with E-state index < -0.39 is 11.6 Å². The van der Waals surface area contributed by atoms with Crippen molar-refractivity contribution in [2.75, 3.05) is 18.0 Å². The van der Waals surface area contributed by atoms with Crippen LogP contribution < -0.4 is 4.90 Å². The molecule has 4 nitrogen and oxygen atoms in total. The van der Waals surface area contributed by atoms with Gasteiger partial charge in [-0.05, 0) is 26.0 Å². The van der Waals surface area contributed by atoms with Gasteiger partial charge in [-0.25, -0.2) is 13.5 Å². The van der Waals surface area contributed by atoms with Crippen molar-refractivity contribution in [2.45, 2.75) is 20.4 Å². The molecule has 0 fully saturated rings. The van der Waals surface area contributed by atoms with Gasteiger partial charge in [-0.2, -0.15) is 0 Å². The Morgan fingerprint density at radius 3 is 2.37 bits per heavy atom. The van der Waals surface area contributed by atoms with Crippen molar-refractivity contribution >= 4 is 5.82 Å². The van der Waals surface area contributed by atoms with Crippen LogP contribution in [0.5, 0.6) is 0 Å². The van der Waals surface area contributed by atoms with Crippen LogP contribution in [0.25, 0.3) is 0 Å². The number of benzene rings is 1. The molecule has 1 heterocycles. The lowest BCUT2D eigenvalue weighted by Crippen LogP contribution is -2.22. The molecule has 2 rings (SSSR count). The molecule has 0 aliphatic heterocycles. The highest BCUT2D eigenvalue weighted by molar-refractivity contribution is 5.34. The Balaban J connectivity index is 2.20. The monoisotopic (exact) mass is 266 g/mol. The molecule has 0 amide bonds. The first-order valence-corrected chi connectivity index (χ1v) is 6.23. The Morgan fingerprint density at radius 1 is 1.16 bits per heavy atom. The fraction of sp³-hybridized carbons (Fsp3) is 0.385. The summed E-state index contributed by atoms with van der Waals surface area (Å²) in [6.45, 7) is 5.68. The van der Waals surface area contributed by atoms with E-state index in [1.165, 1.54) is 22.9 Å². The highest BCUT2D eigenvalue weighted by Crippen LogP contribution is 2.15. The Bertz CT molecular complexity index is 529. The maximum Gasteiger partial charge on any atom is 0.171 e. The number of halogens is 2. The largest absolute Gasteiger partial charge is 0.354 e.